The lowest BCUT2D eigenvalue weighted by molar-refractivity contribution is 0.215. The molecular formula is C27H49NOP2. The Morgan fingerprint density at radius 3 is 1.55 bits per heavy atom. The van der Waals surface area contributed by atoms with Crippen LogP contribution in [0.1, 0.15) is 106 Å². The molecule has 4 heteroatoms. The average molecular weight is 466 g/mol. The third-order valence-electron chi connectivity index (χ3n) is 5.27. The van der Waals surface area contributed by atoms with Gasteiger partial charge in [0.25, 0.3) is 0 Å². The monoisotopic (exact) mass is 465 g/mol. The molecule has 0 aromatic rings. The van der Waals surface area contributed by atoms with Crippen LogP contribution in [0.25, 0.3) is 0 Å². The fraction of sp³-hybridized carbons (Fsp3) is 0.667. The first-order valence-corrected chi connectivity index (χ1v) is 13.1. The van der Waals surface area contributed by atoms with E-state index in [1.54, 1.807) is 0 Å². The lowest BCUT2D eigenvalue weighted by Gasteiger charge is -2.15. The minimum atomic E-state index is -0.739. The highest BCUT2D eigenvalue weighted by Gasteiger charge is 2.11. The minimum absolute atomic E-state index is 0.733. The first kappa shape index (κ1) is 30.4. The average Bonchev–Trinajstić information content (AvgIpc) is 2.64. The molecule has 0 rings (SSSR count). The van der Waals surface area contributed by atoms with Crippen LogP contribution in [0.5, 0.6) is 0 Å². The molecule has 0 spiro atoms. The number of allylic oxidation sites excluding steroid dienone is 8. The first-order chi connectivity index (χ1) is 14.5. The van der Waals surface area contributed by atoms with Crippen molar-refractivity contribution in [2.24, 2.45) is 4.99 Å². The van der Waals surface area contributed by atoms with Gasteiger partial charge in [-0.3, -0.25) is 4.99 Å². The highest BCUT2D eigenvalue weighted by atomic mass is 31.1. The highest BCUT2D eigenvalue weighted by Crippen LogP contribution is 2.28. The summed E-state index contributed by atoms with van der Waals surface area (Å²) in [7, 11) is 4.89. The topological polar surface area (TPSA) is 32.6 Å². The van der Waals surface area contributed by atoms with E-state index in [2.05, 4.69) is 89.3 Å². The maximum absolute atomic E-state index is 9.66. The molecule has 178 valence electrons. The number of hydrogen-bond acceptors (Lipinski definition) is 2. The van der Waals surface area contributed by atoms with E-state index in [-0.39, 0.29) is 0 Å². The van der Waals surface area contributed by atoms with Crippen LogP contribution in [0.2, 0.25) is 0 Å². The summed E-state index contributed by atoms with van der Waals surface area (Å²) in [6.07, 6.45) is 20.2. The Kier molecular flexibility index (Phi) is 17.6. The fourth-order valence-corrected chi connectivity index (χ4v) is 3.63. The Labute approximate surface area is 198 Å². The van der Waals surface area contributed by atoms with Gasteiger partial charge in [-0.25, -0.2) is 0 Å². The largest absolute Gasteiger partial charge is 0.382 e. The molecule has 0 aliphatic rings. The third kappa shape index (κ3) is 22.4. The van der Waals surface area contributed by atoms with E-state index in [9.17, 15) is 5.11 Å². The smallest absolute Gasteiger partial charge is 0.0906 e. The minimum Gasteiger partial charge on any atom is -0.382 e. The van der Waals surface area contributed by atoms with E-state index >= 15 is 0 Å². The molecule has 1 N–H and O–H groups in total. The summed E-state index contributed by atoms with van der Waals surface area (Å²) in [6.45, 7) is 14.0. The molecule has 0 saturated heterocycles. The molecule has 0 aromatic heterocycles. The predicted octanol–water partition coefficient (Wildman–Crippen LogP) is 8.55. The van der Waals surface area contributed by atoms with E-state index in [1.165, 1.54) is 40.8 Å². The summed E-state index contributed by atoms with van der Waals surface area (Å²) in [6, 6.07) is 0. The highest BCUT2D eigenvalue weighted by molar-refractivity contribution is 7.39. The summed E-state index contributed by atoms with van der Waals surface area (Å²) in [5.74, 6) is 0. The van der Waals surface area contributed by atoms with E-state index in [0.717, 1.165) is 57.9 Å². The molecule has 0 fully saturated rings. The van der Waals surface area contributed by atoms with E-state index in [0.29, 0.717) is 0 Å². The molecule has 0 aliphatic heterocycles. The van der Waals surface area contributed by atoms with Crippen LogP contribution < -0.4 is 0 Å². The van der Waals surface area contributed by atoms with Gasteiger partial charge in [-0.2, -0.15) is 0 Å². The second-order valence-corrected chi connectivity index (χ2v) is 12.0. The quantitative estimate of drug-likeness (QED) is 0.105. The van der Waals surface area contributed by atoms with Gasteiger partial charge in [0.15, 0.2) is 0 Å². The summed E-state index contributed by atoms with van der Waals surface area (Å²) < 4.78 is 0. The molecule has 2 nitrogen and oxygen atoms in total. The Bertz CT molecular complexity index is 645. The Morgan fingerprint density at radius 2 is 1.13 bits per heavy atom. The van der Waals surface area contributed by atoms with Crippen molar-refractivity contribution >= 4 is 24.2 Å². The Balaban J connectivity index is 4.06. The zero-order chi connectivity index (χ0) is 23.7. The predicted molar refractivity (Wildman–Crippen MR) is 149 cm³/mol. The van der Waals surface area contributed by atoms with Gasteiger partial charge >= 0.3 is 0 Å². The SMILES string of the molecule is CC(C)=CCC/C(C)=C/CC/C(C)=C/CC/C(C)=C/CC/C(C)=N\CCCC(O)(P)P. The number of aliphatic hydroxyl groups is 1. The van der Waals surface area contributed by atoms with Crippen molar-refractivity contribution in [1.82, 2.24) is 0 Å². The molecule has 0 bridgehead atoms. The molecule has 2 unspecified atom stereocenters. The van der Waals surface area contributed by atoms with Crippen molar-refractivity contribution in [3.05, 3.63) is 46.6 Å². The number of aliphatic imine (C=N–C) groups is 1. The van der Waals surface area contributed by atoms with E-state index < -0.39 is 5.08 Å². The zero-order valence-corrected chi connectivity index (χ0v) is 23.4. The van der Waals surface area contributed by atoms with Crippen LogP contribution in [-0.2, 0) is 0 Å². The Hall–Kier alpha value is -0.550. The normalized spacial score (nSPS) is 14.2. The van der Waals surface area contributed by atoms with Crippen LogP contribution in [0.4, 0.5) is 0 Å². The molecule has 0 saturated carbocycles. The number of rotatable bonds is 16. The van der Waals surface area contributed by atoms with Crippen molar-refractivity contribution < 1.29 is 5.11 Å². The van der Waals surface area contributed by atoms with Gasteiger partial charge < -0.3 is 5.11 Å². The van der Waals surface area contributed by atoms with Crippen molar-refractivity contribution in [1.29, 1.82) is 0 Å². The van der Waals surface area contributed by atoms with Crippen molar-refractivity contribution in [2.75, 3.05) is 6.54 Å². The van der Waals surface area contributed by atoms with Gasteiger partial charge in [-0.05, 0) is 106 Å². The fourth-order valence-electron chi connectivity index (χ4n) is 3.23. The standard InChI is InChI=1S/C27H49NOP2/c1-22(2)12-7-13-23(3)14-8-15-24(4)16-9-17-25(5)18-10-19-26(6)28-21-11-20-27(29,30)31/h12,14,16,18,29H,7-11,13,15,17,19-21,30-31H2,1-6H3/b23-14+,24-16+,25-18+,28-26-. The molecule has 0 heterocycles. The molecular weight excluding hydrogens is 416 g/mol. The Morgan fingerprint density at radius 1 is 0.710 bits per heavy atom. The van der Waals surface area contributed by atoms with Gasteiger partial charge in [0.05, 0.1) is 5.08 Å². The second-order valence-electron chi connectivity index (χ2n) is 9.30. The van der Waals surface area contributed by atoms with Crippen molar-refractivity contribution in [2.45, 2.75) is 111 Å². The summed E-state index contributed by atoms with van der Waals surface area (Å²) in [5, 5.41) is 8.92. The molecule has 0 radical (unpaired) electrons. The second kappa shape index (κ2) is 17.9. The first-order valence-electron chi connectivity index (χ1n) is 11.9. The lowest BCUT2D eigenvalue weighted by atomic mass is 10.0. The van der Waals surface area contributed by atoms with Crippen LogP contribution in [0, 0.1) is 0 Å². The van der Waals surface area contributed by atoms with Gasteiger partial charge in [0.2, 0.25) is 0 Å². The lowest BCUT2D eigenvalue weighted by Crippen LogP contribution is -2.09. The number of hydrogen-bond donors (Lipinski definition) is 1. The zero-order valence-electron chi connectivity index (χ0n) is 21.1. The van der Waals surface area contributed by atoms with Gasteiger partial charge in [0.1, 0.15) is 0 Å². The maximum Gasteiger partial charge on any atom is 0.0906 e. The van der Waals surface area contributed by atoms with Crippen molar-refractivity contribution in [3.63, 3.8) is 0 Å². The summed E-state index contributed by atoms with van der Waals surface area (Å²) in [5.41, 5.74) is 7.12. The molecule has 0 amide bonds. The van der Waals surface area contributed by atoms with Crippen LogP contribution in [0.15, 0.2) is 51.6 Å². The molecule has 31 heavy (non-hydrogen) atoms. The maximum atomic E-state index is 9.66. The third-order valence-corrected chi connectivity index (χ3v) is 5.85. The van der Waals surface area contributed by atoms with Gasteiger partial charge in [-0.15, -0.1) is 0 Å². The summed E-state index contributed by atoms with van der Waals surface area (Å²) >= 11 is 0. The van der Waals surface area contributed by atoms with E-state index in [1.807, 2.05) is 0 Å². The molecule has 0 aromatic carbocycles. The van der Waals surface area contributed by atoms with E-state index in [4.69, 9.17) is 0 Å². The molecule has 2 atom stereocenters. The van der Waals surface area contributed by atoms with Gasteiger partial charge in [0, 0.05) is 12.3 Å². The number of nitrogens with zero attached hydrogens (tertiary/aromatic N) is 1. The summed E-state index contributed by atoms with van der Waals surface area (Å²) in [4.78, 5) is 4.62. The van der Waals surface area contributed by atoms with Crippen LogP contribution in [-0.4, -0.2) is 22.4 Å². The van der Waals surface area contributed by atoms with Crippen molar-refractivity contribution in [3.8, 4) is 0 Å². The van der Waals surface area contributed by atoms with Gasteiger partial charge in [-0.1, -0.05) is 65.1 Å². The molecule has 0 aliphatic carbocycles. The van der Waals surface area contributed by atoms with Crippen LogP contribution >= 0.6 is 18.5 Å². The van der Waals surface area contributed by atoms with Crippen LogP contribution in [0.3, 0.4) is 0 Å².